The SMILES string of the molecule is N#CCc1ccc(NCC2CCC(c3nnn4cnc5[nH]ccc5c34)CC2)cc1. The number of aromatic nitrogens is 5. The second-order valence-electron chi connectivity index (χ2n) is 7.88. The third kappa shape index (κ3) is 3.42. The molecule has 3 heterocycles. The molecule has 7 nitrogen and oxygen atoms in total. The Morgan fingerprint density at radius 1 is 1.14 bits per heavy atom. The number of rotatable bonds is 5. The Kier molecular flexibility index (Phi) is 4.60. The van der Waals surface area contributed by atoms with Crippen molar-refractivity contribution >= 4 is 22.2 Å². The largest absolute Gasteiger partial charge is 0.385 e. The van der Waals surface area contributed by atoms with E-state index in [4.69, 9.17) is 5.26 Å². The minimum Gasteiger partial charge on any atom is -0.385 e. The van der Waals surface area contributed by atoms with Crippen molar-refractivity contribution in [3.63, 3.8) is 0 Å². The highest BCUT2D eigenvalue weighted by Gasteiger charge is 2.26. The molecule has 0 unspecified atom stereocenters. The molecule has 146 valence electrons. The lowest BCUT2D eigenvalue weighted by molar-refractivity contribution is 0.336. The van der Waals surface area contributed by atoms with Crippen molar-refractivity contribution < 1.29 is 0 Å². The predicted molar refractivity (Wildman–Crippen MR) is 112 cm³/mol. The first-order valence-corrected chi connectivity index (χ1v) is 10.2. The predicted octanol–water partition coefficient (Wildman–Crippen LogP) is 4.06. The van der Waals surface area contributed by atoms with E-state index in [-0.39, 0.29) is 0 Å². The van der Waals surface area contributed by atoms with E-state index in [1.165, 1.54) is 12.8 Å². The van der Waals surface area contributed by atoms with E-state index >= 15 is 0 Å². The lowest BCUT2D eigenvalue weighted by atomic mass is 9.80. The minimum absolute atomic E-state index is 0.453. The number of nitrogens with one attached hydrogen (secondary N) is 2. The van der Waals surface area contributed by atoms with Crippen LogP contribution < -0.4 is 5.32 Å². The van der Waals surface area contributed by atoms with Gasteiger partial charge in [0, 0.05) is 29.7 Å². The van der Waals surface area contributed by atoms with Crippen LogP contribution in [0.25, 0.3) is 16.6 Å². The van der Waals surface area contributed by atoms with Gasteiger partial charge in [0.05, 0.1) is 18.2 Å². The van der Waals surface area contributed by atoms with Gasteiger partial charge in [-0.25, -0.2) is 9.50 Å². The van der Waals surface area contributed by atoms with Crippen LogP contribution in [0.15, 0.2) is 42.9 Å². The summed E-state index contributed by atoms with van der Waals surface area (Å²) >= 11 is 0. The van der Waals surface area contributed by atoms with Crippen molar-refractivity contribution in [2.75, 3.05) is 11.9 Å². The number of H-pyrrole nitrogens is 1. The fourth-order valence-electron chi connectivity index (χ4n) is 4.43. The molecular formula is C22H23N7. The Labute approximate surface area is 168 Å². The molecule has 1 aromatic carbocycles. The van der Waals surface area contributed by atoms with Gasteiger partial charge in [0.2, 0.25) is 0 Å². The van der Waals surface area contributed by atoms with Crippen molar-refractivity contribution in [1.82, 2.24) is 24.8 Å². The summed E-state index contributed by atoms with van der Waals surface area (Å²) in [5.41, 5.74) is 5.28. The van der Waals surface area contributed by atoms with Gasteiger partial charge in [-0.3, -0.25) is 0 Å². The molecule has 5 rings (SSSR count). The summed E-state index contributed by atoms with van der Waals surface area (Å²) in [6, 6.07) is 12.4. The average molecular weight is 385 g/mol. The van der Waals surface area contributed by atoms with Crippen molar-refractivity contribution in [2.45, 2.75) is 38.0 Å². The van der Waals surface area contributed by atoms with Crippen LogP contribution in [0.2, 0.25) is 0 Å². The lowest BCUT2D eigenvalue weighted by Crippen LogP contribution is -2.20. The first-order valence-electron chi connectivity index (χ1n) is 10.2. The van der Waals surface area contributed by atoms with Gasteiger partial charge in [0.15, 0.2) is 0 Å². The van der Waals surface area contributed by atoms with E-state index in [2.05, 4.69) is 49.9 Å². The molecule has 29 heavy (non-hydrogen) atoms. The first kappa shape index (κ1) is 17.7. The summed E-state index contributed by atoms with van der Waals surface area (Å²) in [6.07, 6.45) is 8.76. The number of nitriles is 1. The zero-order valence-electron chi connectivity index (χ0n) is 16.2. The van der Waals surface area contributed by atoms with Crippen LogP contribution >= 0.6 is 0 Å². The maximum absolute atomic E-state index is 8.77. The molecule has 2 N–H and O–H groups in total. The summed E-state index contributed by atoms with van der Waals surface area (Å²) in [5.74, 6) is 1.12. The first-order chi connectivity index (χ1) is 14.3. The zero-order chi connectivity index (χ0) is 19.6. The van der Waals surface area contributed by atoms with E-state index in [0.29, 0.717) is 18.3 Å². The molecule has 0 bridgehead atoms. The Morgan fingerprint density at radius 2 is 1.97 bits per heavy atom. The maximum Gasteiger partial charge on any atom is 0.141 e. The highest BCUT2D eigenvalue weighted by molar-refractivity contribution is 5.92. The van der Waals surface area contributed by atoms with E-state index < -0.39 is 0 Å². The Bertz CT molecular complexity index is 1160. The molecule has 0 amide bonds. The van der Waals surface area contributed by atoms with E-state index in [0.717, 1.165) is 52.9 Å². The molecular weight excluding hydrogens is 362 g/mol. The normalized spacial score (nSPS) is 19.4. The molecule has 4 aromatic rings. The fourth-order valence-corrected chi connectivity index (χ4v) is 4.43. The smallest absolute Gasteiger partial charge is 0.141 e. The van der Waals surface area contributed by atoms with E-state index in [9.17, 15) is 0 Å². The Morgan fingerprint density at radius 3 is 2.76 bits per heavy atom. The van der Waals surface area contributed by atoms with Gasteiger partial charge >= 0.3 is 0 Å². The molecule has 1 aliphatic carbocycles. The van der Waals surface area contributed by atoms with Crippen LogP contribution in [0.4, 0.5) is 5.69 Å². The molecule has 0 radical (unpaired) electrons. The monoisotopic (exact) mass is 385 g/mol. The highest BCUT2D eigenvalue weighted by Crippen LogP contribution is 2.37. The molecule has 1 fully saturated rings. The van der Waals surface area contributed by atoms with Gasteiger partial charge in [0.1, 0.15) is 17.5 Å². The number of aromatic amines is 1. The van der Waals surface area contributed by atoms with Crippen molar-refractivity contribution in [1.29, 1.82) is 5.26 Å². The van der Waals surface area contributed by atoms with Crippen LogP contribution in [-0.4, -0.2) is 31.3 Å². The van der Waals surface area contributed by atoms with Gasteiger partial charge in [-0.1, -0.05) is 17.3 Å². The van der Waals surface area contributed by atoms with Gasteiger partial charge < -0.3 is 10.3 Å². The zero-order valence-corrected chi connectivity index (χ0v) is 16.2. The molecule has 0 spiro atoms. The molecule has 0 atom stereocenters. The van der Waals surface area contributed by atoms with Crippen LogP contribution in [0.3, 0.4) is 0 Å². The number of fused-ring (bicyclic) bond motifs is 3. The molecule has 1 saturated carbocycles. The quantitative estimate of drug-likeness (QED) is 0.540. The van der Waals surface area contributed by atoms with Crippen molar-refractivity contribution in [2.24, 2.45) is 5.92 Å². The van der Waals surface area contributed by atoms with Crippen molar-refractivity contribution in [3.05, 3.63) is 54.1 Å². The molecule has 0 saturated heterocycles. The third-order valence-electron chi connectivity index (χ3n) is 6.06. The van der Waals surface area contributed by atoms with Crippen molar-refractivity contribution in [3.8, 4) is 6.07 Å². The fraction of sp³-hybridized carbons (Fsp3) is 0.364. The molecule has 0 aliphatic heterocycles. The second-order valence-corrected chi connectivity index (χ2v) is 7.88. The summed E-state index contributed by atoms with van der Waals surface area (Å²) in [5, 5.41) is 22.2. The van der Waals surface area contributed by atoms with Crippen LogP contribution in [-0.2, 0) is 6.42 Å². The second kappa shape index (κ2) is 7.55. The van der Waals surface area contributed by atoms with Gasteiger partial charge in [0.25, 0.3) is 0 Å². The standard InChI is InChI=1S/C22H23N7/c23-11-9-15-3-7-18(8-4-15)25-13-16-1-5-17(6-2-16)20-21-19-10-12-24-22(19)26-14-29(21)28-27-20/h3-4,7-8,10,12,14,16-17,24-25H,1-2,5-6,9,13H2. The Hall–Kier alpha value is -3.40. The molecule has 1 aliphatic rings. The van der Waals surface area contributed by atoms with Gasteiger partial charge in [-0.05, 0) is 55.4 Å². The van der Waals surface area contributed by atoms with Crippen LogP contribution in [0.5, 0.6) is 0 Å². The molecule has 3 aromatic heterocycles. The maximum atomic E-state index is 8.77. The van der Waals surface area contributed by atoms with E-state index in [1.807, 2.05) is 18.3 Å². The van der Waals surface area contributed by atoms with Crippen LogP contribution in [0.1, 0.15) is 42.9 Å². The topological polar surface area (TPSA) is 94.7 Å². The van der Waals surface area contributed by atoms with Gasteiger partial charge in [-0.15, -0.1) is 5.10 Å². The number of nitrogens with zero attached hydrogens (tertiary/aromatic N) is 5. The number of benzene rings is 1. The summed E-state index contributed by atoms with van der Waals surface area (Å²) in [6.45, 7) is 0.985. The summed E-state index contributed by atoms with van der Waals surface area (Å²) in [7, 11) is 0. The van der Waals surface area contributed by atoms with Crippen LogP contribution in [0, 0.1) is 17.2 Å². The number of hydrogen-bond acceptors (Lipinski definition) is 5. The summed E-state index contributed by atoms with van der Waals surface area (Å²) < 4.78 is 1.80. The van der Waals surface area contributed by atoms with Gasteiger partial charge in [-0.2, -0.15) is 5.26 Å². The highest BCUT2D eigenvalue weighted by atomic mass is 15.4. The Balaban J connectivity index is 1.22. The minimum atomic E-state index is 0.453. The number of hydrogen-bond donors (Lipinski definition) is 2. The summed E-state index contributed by atoms with van der Waals surface area (Å²) in [4.78, 5) is 7.57. The van der Waals surface area contributed by atoms with E-state index in [1.54, 1.807) is 10.8 Å². The average Bonchev–Trinajstić information content (AvgIpc) is 3.40. The molecule has 7 heteroatoms. The lowest BCUT2D eigenvalue weighted by Gasteiger charge is -2.28. The number of anilines is 1. The third-order valence-corrected chi connectivity index (χ3v) is 6.06.